The summed E-state index contributed by atoms with van der Waals surface area (Å²) < 4.78 is 0. The molecule has 1 saturated carbocycles. The van der Waals surface area contributed by atoms with Crippen molar-refractivity contribution in [2.24, 2.45) is 5.92 Å². The normalized spacial score (nSPS) is 41.1. The van der Waals surface area contributed by atoms with E-state index >= 15 is 0 Å². The third-order valence-corrected chi connectivity index (χ3v) is 4.00. The average molecular weight is 181 g/mol. The lowest BCUT2D eigenvalue weighted by molar-refractivity contribution is 0.121. The summed E-state index contributed by atoms with van der Waals surface area (Å²) in [5, 5.41) is 0. The van der Waals surface area contributed by atoms with Crippen molar-refractivity contribution in [1.29, 1.82) is 0 Å². The maximum absolute atomic E-state index is 2.77. The molecule has 0 radical (unpaired) electrons. The minimum absolute atomic E-state index is 0.753. The molecule has 1 saturated heterocycles. The standard InChI is InChI=1S/C12H23N/c1-9(2)13-10(3)8-11-6-4-5-7-12(11)13/h9-12H,4-8H2,1-3H3. The largest absolute Gasteiger partial charge is 0.295 e. The van der Waals surface area contributed by atoms with E-state index in [1.807, 2.05) is 0 Å². The van der Waals surface area contributed by atoms with Gasteiger partial charge in [0.25, 0.3) is 0 Å². The highest BCUT2D eigenvalue weighted by molar-refractivity contribution is 4.95. The molecule has 13 heavy (non-hydrogen) atoms. The van der Waals surface area contributed by atoms with E-state index in [9.17, 15) is 0 Å². The summed E-state index contributed by atoms with van der Waals surface area (Å²) in [6, 6.07) is 2.53. The van der Waals surface area contributed by atoms with Crippen molar-refractivity contribution < 1.29 is 0 Å². The SMILES string of the molecule is CC(C)N1C(C)CC2CCCCC21. The molecule has 0 spiro atoms. The van der Waals surface area contributed by atoms with Gasteiger partial charge in [-0.1, -0.05) is 12.8 Å². The van der Waals surface area contributed by atoms with Gasteiger partial charge in [0.15, 0.2) is 0 Å². The minimum Gasteiger partial charge on any atom is -0.295 e. The van der Waals surface area contributed by atoms with Crippen molar-refractivity contribution >= 4 is 0 Å². The monoisotopic (exact) mass is 181 g/mol. The van der Waals surface area contributed by atoms with Crippen LogP contribution >= 0.6 is 0 Å². The first-order valence-corrected chi connectivity index (χ1v) is 5.97. The van der Waals surface area contributed by atoms with Crippen LogP contribution in [-0.4, -0.2) is 23.0 Å². The highest BCUT2D eigenvalue weighted by Gasteiger charge is 2.40. The third kappa shape index (κ3) is 1.63. The Morgan fingerprint density at radius 3 is 2.54 bits per heavy atom. The molecule has 0 N–H and O–H groups in total. The lowest BCUT2D eigenvalue weighted by atomic mass is 9.84. The van der Waals surface area contributed by atoms with Crippen LogP contribution in [-0.2, 0) is 0 Å². The third-order valence-electron chi connectivity index (χ3n) is 4.00. The lowest BCUT2D eigenvalue weighted by Crippen LogP contribution is -2.42. The van der Waals surface area contributed by atoms with E-state index in [0.717, 1.165) is 24.0 Å². The first-order chi connectivity index (χ1) is 6.20. The molecule has 1 heteroatoms. The van der Waals surface area contributed by atoms with Gasteiger partial charge in [0.05, 0.1) is 0 Å². The molecular formula is C12H23N. The summed E-state index contributed by atoms with van der Waals surface area (Å²) in [7, 11) is 0. The molecule has 0 aromatic heterocycles. The molecule has 0 aromatic rings. The van der Waals surface area contributed by atoms with Gasteiger partial charge < -0.3 is 0 Å². The first-order valence-electron chi connectivity index (χ1n) is 5.97. The highest BCUT2D eigenvalue weighted by Crippen LogP contribution is 2.40. The van der Waals surface area contributed by atoms with Crippen molar-refractivity contribution in [2.45, 2.75) is 71.0 Å². The molecule has 1 aliphatic heterocycles. The van der Waals surface area contributed by atoms with Gasteiger partial charge in [0.1, 0.15) is 0 Å². The van der Waals surface area contributed by atoms with Crippen LogP contribution in [0, 0.1) is 5.92 Å². The van der Waals surface area contributed by atoms with E-state index in [0.29, 0.717) is 0 Å². The molecule has 3 atom stereocenters. The number of likely N-dealkylation sites (tertiary alicyclic amines) is 1. The lowest BCUT2D eigenvalue weighted by Gasteiger charge is -2.36. The second-order valence-electron chi connectivity index (χ2n) is 5.24. The fraction of sp³-hybridized carbons (Fsp3) is 1.00. The van der Waals surface area contributed by atoms with Crippen LogP contribution in [0.4, 0.5) is 0 Å². The maximum atomic E-state index is 2.77. The summed E-state index contributed by atoms with van der Waals surface area (Å²) in [6.07, 6.45) is 7.38. The Bertz CT molecular complexity index is 176. The molecule has 2 fully saturated rings. The van der Waals surface area contributed by atoms with Crippen molar-refractivity contribution in [1.82, 2.24) is 4.90 Å². The number of rotatable bonds is 1. The molecule has 2 aliphatic rings. The molecule has 0 bridgehead atoms. The van der Waals surface area contributed by atoms with Gasteiger partial charge in [-0.05, 0) is 46.0 Å². The van der Waals surface area contributed by atoms with E-state index in [1.54, 1.807) is 0 Å². The maximum Gasteiger partial charge on any atom is 0.0130 e. The van der Waals surface area contributed by atoms with Crippen LogP contribution in [0.1, 0.15) is 52.9 Å². The van der Waals surface area contributed by atoms with E-state index in [1.165, 1.54) is 32.1 Å². The van der Waals surface area contributed by atoms with Crippen LogP contribution in [0.15, 0.2) is 0 Å². The van der Waals surface area contributed by atoms with Gasteiger partial charge in [0.2, 0.25) is 0 Å². The molecule has 0 amide bonds. The molecule has 1 heterocycles. The second kappa shape index (κ2) is 3.61. The summed E-state index contributed by atoms with van der Waals surface area (Å²) in [4.78, 5) is 2.77. The Balaban J connectivity index is 2.09. The van der Waals surface area contributed by atoms with Crippen LogP contribution in [0.3, 0.4) is 0 Å². The Hall–Kier alpha value is -0.0400. The van der Waals surface area contributed by atoms with Gasteiger partial charge in [-0.25, -0.2) is 0 Å². The van der Waals surface area contributed by atoms with Crippen LogP contribution < -0.4 is 0 Å². The molecule has 1 nitrogen and oxygen atoms in total. The second-order valence-corrected chi connectivity index (χ2v) is 5.24. The Morgan fingerprint density at radius 2 is 1.85 bits per heavy atom. The summed E-state index contributed by atoms with van der Waals surface area (Å²) in [5.74, 6) is 1.03. The molecule has 0 aromatic carbocycles. The number of hydrogen-bond acceptors (Lipinski definition) is 1. The van der Waals surface area contributed by atoms with Crippen LogP contribution in [0.25, 0.3) is 0 Å². The van der Waals surface area contributed by atoms with E-state index in [4.69, 9.17) is 0 Å². The number of nitrogens with zero attached hydrogens (tertiary/aromatic N) is 1. The number of hydrogen-bond donors (Lipinski definition) is 0. The molecule has 1 aliphatic carbocycles. The van der Waals surface area contributed by atoms with E-state index in [2.05, 4.69) is 25.7 Å². The highest BCUT2D eigenvalue weighted by atomic mass is 15.2. The molecule has 2 rings (SSSR count). The topological polar surface area (TPSA) is 3.24 Å². The summed E-state index contributed by atoms with van der Waals surface area (Å²) in [5.41, 5.74) is 0. The van der Waals surface area contributed by atoms with Gasteiger partial charge in [-0.15, -0.1) is 0 Å². The zero-order chi connectivity index (χ0) is 9.42. The fourth-order valence-corrected chi connectivity index (χ4v) is 3.63. The zero-order valence-electron chi connectivity index (χ0n) is 9.29. The van der Waals surface area contributed by atoms with Crippen molar-refractivity contribution in [3.63, 3.8) is 0 Å². The van der Waals surface area contributed by atoms with Crippen LogP contribution in [0.5, 0.6) is 0 Å². The average Bonchev–Trinajstić information content (AvgIpc) is 2.39. The number of fused-ring (bicyclic) bond motifs is 1. The van der Waals surface area contributed by atoms with E-state index in [-0.39, 0.29) is 0 Å². The molecule has 3 unspecified atom stereocenters. The smallest absolute Gasteiger partial charge is 0.0130 e. The summed E-state index contributed by atoms with van der Waals surface area (Å²) >= 11 is 0. The Kier molecular flexibility index (Phi) is 2.64. The fourth-order valence-electron chi connectivity index (χ4n) is 3.63. The predicted octanol–water partition coefficient (Wildman–Crippen LogP) is 3.05. The minimum atomic E-state index is 0.753. The Labute approximate surface area is 82.5 Å². The van der Waals surface area contributed by atoms with Gasteiger partial charge in [0, 0.05) is 18.1 Å². The van der Waals surface area contributed by atoms with Gasteiger partial charge in [-0.3, -0.25) is 4.90 Å². The summed E-state index contributed by atoms with van der Waals surface area (Å²) in [6.45, 7) is 7.12. The Morgan fingerprint density at radius 1 is 1.15 bits per heavy atom. The quantitative estimate of drug-likeness (QED) is 0.601. The first kappa shape index (κ1) is 9.51. The predicted molar refractivity (Wildman–Crippen MR) is 56.8 cm³/mol. The molecular weight excluding hydrogens is 158 g/mol. The zero-order valence-corrected chi connectivity index (χ0v) is 9.29. The van der Waals surface area contributed by atoms with Gasteiger partial charge in [-0.2, -0.15) is 0 Å². The van der Waals surface area contributed by atoms with Crippen LogP contribution in [0.2, 0.25) is 0 Å². The van der Waals surface area contributed by atoms with E-state index < -0.39 is 0 Å². The van der Waals surface area contributed by atoms with Gasteiger partial charge >= 0.3 is 0 Å². The molecule has 76 valence electrons. The van der Waals surface area contributed by atoms with Crippen molar-refractivity contribution in [3.05, 3.63) is 0 Å². The van der Waals surface area contributed by atoms with Crippen molar-refractivity contribution in [3.8, 4) is 0 Å². The van der Waals surface area contributed by atoms with Crippen molar-refractivity contribution in [2.75, 3.05) is 0 Å².